The van der Waals surface area contributed by atoms with E-state index in [1.165, 1.54) is 11.1 Å². The number of nitrogens with zero attached hydrogens (tertiary/aromatic N) is 2. The van der Waals surface area contributed by atoms with Crippen molar-refractivity contribution in [3.05, 3.63) is 82.8 Å². The number of benzene rings is 2. The Morgan fingerprint density at radius 2 is 2.00 bits per heavy atom. The topological polar surface area (TPSA) is 79.6 Å². The molecule has 3 aromatic rings. The minimum atomic E-state index is -0.307. The normalized spacial score (nSPS) is 16.0. The van der Waals surface area contributed by atoms with Crippen LogP contribution in [0.25, 0.3) is 11.3 Å². The molecule has 1 atom stereocenters. The van der Waals surface area contributed by atoms with Crippen LogP contribution in [0.1, 0.15) is 35.5 Å². The van der Waals surface area contributed by atoms with Crippen molar-refractivity contribution in [2.75, 3.05) is 7.11 Å². The second-order valence-corrected chi connectivity index (χ2v) is 7.62. The third-order valence-electron chi connectivity index (χ3n) is 5.51. The highest BCUT2D eigenvalue weighted by Crippen LogP contribution is 2.25. The van der Waals surface area contributed by atoms with Crippen LogP contribution in [-0.4, -0.2) is 29.2 Å². The predicted octanol–water partition coefficient (Wildman–Crippen LogP) is 4.03. The van der Waals surface area contributed by atoms with Gasteiger partial charge in [-0.3, -0.25) is 4.79 Å². The zero-order chi connectivity index (χ0) is 22.0. The van der Waals surface area contributed by atoms with Crippen LogP contribution in [0.4, 0.5) is 0 Å². The van der Waals surface area contributed by atoms with Gasteiger partial charge in [0.1, 0.15) is 5.75 Å². The Labute approximate surface area is 181 Å². The van der Waals surface area contributed by atoms with Crippen LogP contribution >= 0.6 is 0 Å². The van der Waals surface area contributed by atoms with Gasteiger partial charge in [0.25, 0.3) is 5.91 Å². The third kappa shape index (κ3) is 4.32. The Bertz CT molecular complexity index is 1140. The Balaban J connectivity index is 1.49. The molecule has 160 valence electrons. The van der Waals surface area contributed by atoms with E-state index in [0.29, 0.717) is 18.1 Å². The van der Waals surface area contributed by atoms with E-state index in [0.717, 1.165) is 17.0 Å². The number of hydrogen-bond acceptors (Lipinski definition) is 6. The number of amides is 1. The van der Waals surface area contributed by atoms with Crippen LogP contribution < -0.4 is 15.5 Å². The zero-order valence-electron chi connectivity index (χ0n) is 18.1. The molecule has 1 aromatic heterocycles. The molecule has 0 radical (unpaired) electrons. The van der Waals surface area contributed by atoms with Crippen LogP contribution in [0.2, 0.25) is 0 Å². The van der Waals surface area contributed by atoms with E-state index in [4.69, 9.17) is 9.26 Å². The summed E-state index contributed by atoms with van der Waals surface area (Å²) in [5, 5.41) is 9.02. The number of carbonyl (C=O) groups is 1. The Morgan fingerprint density at radius 1 is 1.19 bits per heavy atom. The minimum Gasteiger partial charge on any atom is -0.497 e. The van der Waals surface area contributed by atoms with Crippen molar-refractivity contribution in [1.29, 1.82) is 0 Å². The third-order valence-corrected chi connectivity index (χ3v) is 5.51. The smallest absolute Gasteiger partial charge is 0.277 e. The summed E-state index contributed by atoms with van der Waals surface area (Å²) in [6.07, 6.45) is 0. The highest BCUT2D eigenvalue weighted by Gasteiger charge is 2.28. The van der Waals surface area contributed by atoms with Gasteiger partial charge in [-0.2, -0.15) is 0 Å². The molecule has 0 fully saturated rings. The Hall–Kier alpha value is -3.58. The number of hydrogen-bond donors (Lipinski definition) is 2. The minimum absolute atomic E-state index is 0.0299. The van der Waals surface area contributed by atoms with E-state index in [-0.39, 0.29) is 17.6 Å². The van der Waals surface area contributed by atoms with Crippen molar-refractivity contribution in [3.63, 3.8) is 0 Å². The molecule has 7 heteroatoms. The van der Waals surface area contributed by atoms with Crippen LogP contribution in [0.3, 0.4) is 0 Å². The molecule has 0 bridgehead atoms. The van der Waals surface area contributed by atoms with E-state index in [2.05, 4.69) is 40.0 Å². The van der Waals surface area contributed by atoms with Gasteiger partial charge in [-0.1, -0.05) is 41.6 Å². The number of rotatable bonds is 6. The molecule has 1 unspecified atom stereocenters. The fraction of sp³-hybridized carbons (Fsp3) is 0.250. The first-order valence-corrected chi connectivity index (χ1v) is 10.2. The lowest BCUT2D eigenvalue weighted by molar-refractivity contribution is 0.0954. The summed E-state index contributed by atoms with van der Waals surface area (Å²) in [7, 11) is 1.60. The van der Waals surface area contributed by atoms with Gasteiger partial charge < -0.3 is 19.6 Å². The zero-order valence-corrected chi connectivity index (χ0v) is 18.1. The summed E-state index contributed by atoms with van der Waals surface area (Å²) in [4.78, 5) is 12.8. The van der Waals surface area contributed by atoms with E-state index < -0.39 is 0 Å². The lowest BCUT2D eigenvalue weighted by Crippen LogP contribution is -2.37. The highest BCUT2D eigenvalue weighted by molar-refractivity contribution is 5.94. The second-order valence-electron chi connectivity index (χ2n) is 7.62. The number of aromatic nitrogens is 1. The summed E-state index contributed by atoms with van der Waals surface area (Å²) in [5.74, 6) is 0.910. The molecule has 0 saturated heterocycles. The summed E-state index contributed by atoms with van der Waals surface area (Å²) >= 11 is 0. The molecule has 2 N–H and O–H groups in total. The van der Waals surface area contributed by atoms with Gasteiger partial charge in [0.2, 0.25) is 0 Å². The van der Waals surface area contributed by atoms with E-state index >= 15 is 0 Å². The van der Waals surface area contributed by atoms with Crippen LogP contribution in [-0.2, 0) is 6.54 Å². The summed E-state index contributed by atoms with van der Waals surface area (Å²) < 4.78 is 10.6. The summed E-state index contributed by atoms with van der Waals surface area (Å²) in [6, 6.07) is 17.3. The molecule has 7 nitrogen and oxygen atoms in total. The van der Waals surface area contributed by atoms with E-state index in [1.807, 2.05) is 50.2 Å². The molecule has 2 aromatic carbocycles. The van der Waals surface area contributed by atoms with Crippen molar-refractivity contribution < 1.29 is 14.1 Å². The molecule has 0 spiro atoms. The number of methoxy groups -OCH3 is 1. The van der Waals surface area contributed by atoms with E-state index in [9.17, 15) is 4.79 Å². The summed E-state index contributed by atoms with van der Waals surface area (Å²) in [5.41, 5.74) is 8.69. The summed E-state index contributed by atoms with van der Waals surface area (Å²) in [6.45, 7) is 6.82. The molecule has 2 heterocycles. The van der Waals surface area contributed by atoms with Gasteiger partial charge in [0.15, 0.2) is 11.5 Å². The molecule has 1 amide bonds. The largest absolute Gasteiger partial charge is 0.497 e. The average Bonchev–Trinajstić information content (AvgIpc) is 3.37. The fourth-order valence-electron chi connectivity index (χ4n) is 3.66. The fourth-order valence-corrected chi connectivity index (χ4v) is 3.66. The molecular weight excluding hydrogens is 392 g/mol. The number of allylic oxidation sites excluding steroid dienone is 1. The average molecular weight is 418 g/mol. The molecule has 0 saturated carbocycles. The molecule has 4 rings (SSSR count). The number of nitrogens with one attached hydrogen (secondary N) is 2. The van der Waals surface area contributed by atoms with Crippen molar-refractivity contribution >= 4 is 5.91 Å². The first-order valence-electron chi connectivity index (χ1n) is 10.2. The van der Waals surface area contributed by atoms with Crippen molar-refractivity contribution in [1.82, 2.24) is 20.9 Å². The van der Waals surface area contributed by atoms with Gasteiger partial charge in [-0.25, -0.2) is 5.43 Å². The molecule has 1 aliphatic heterocycles. The maximum atomic E-state index is 12.8. The van der Waals surface area contributed by atoms with Crippen molar-refractivity contribution in [3.8, 4) is 17.1 Å². The number of carbonyl (C=O) groups excluding carboxylic acids is 1. The Kier molecular flexibility index (Phi) is 5.77. The van der Waals surface area contributed by atoms with Crippen molar-refractivity contribution in [2.24, 2.45) is 0 Å². The molecule has 31 heavy (non-hydrogen) atoms. The number of hydrazine groups is 1. The number of ether oxygens (including phenoxy) is 1. The lowest BCUT2D eigenvalue weighted by atomic mass is 10.1. The first kappa shape index (κ1) is 20.7. The predicted molar refractivity (Wildman–Crippen MR) is 118 cm³/mol. The quantitative estimate of drug-likeness (QED) is 0.629. The second kappa shape index (κ2) is 8.65. The standard InChI is InChI=1S/C24H26N4O3/c1-15-8-5-6-9-19(15)14-28-17(3)23(16(2)26-28)25-24(29)21-13-22(31-27-21)18-10-7-11-20(12-18)30-4/h5-13,16,26H,14H2,1-4H3,(H,25,29). The van der Waals surface area contributed by atoms with Crippen LogP contribution in [0.5, 0.6) is 5.75 Å². The SMILES string of the molecule is COc1cccc(-c2cc(C(=O)NC3=C(C)N(Cc4ccccc4C)NC3C)no2)c1. The molecule has 0 aliphatic carbocycles. The van der Waals surface area contributed by atoms with Gasteiger partial charge in [0, 0.05) is 17.3 Å². The lowest BCUT2D eigenvalue weighted by Gasteiger charge is -2.22. The van der Waals surface area contributed by atoms with Gasteiger partial charge in [-0.05, 0) is 44.0 Å². The number of aryl methyl sites for hydroxylation is 1. The van der Waals surface area contributed by atoms with E-state index in [1.54, 1.807) is 13.2 Å². The van der Waals surface area contributed by atoms with Crippen LogP contribution in [0, 0.1) is 6.92 Å². The maximum Gasteiger partial charge on any atom is 0.277 e. The molecule has 1 aliphatic rings. The highest BCUT2D eigenvalue weighted by atomic mass is 16.5. The maximum absolute atomic E-state index is 12.8. The van der Waals surface area contributed by atoms with Crippen LogP contribution in [0.15, 0.2) is 70.5 Å². The molecular formula is C24H26N4O3. The van der Waals surface area contributed by atoms with Gasteiger partial charge in [0.05, 0.1) is 25.4 Å². The first-order chi connectivity index (χ1) is 15.0. The monoisotopic (exact) mass is 418 g/mol. The van der Waals surface area contributed by atoms with Gasteiger partial charge in [-0.15, -0.1) is 0 Å². The van der Waals surface area contributed by atoms with Gasteiger partial charge >= 0.3 is 0 Å². The van der Waals surface area contributed by atoms with Crippen molar-refractivity contribution in [2.45, 2.75) is 33.4 Å². The Morgan fingerprint density at radius 3 is 2.77 bits per heavy atom.